The summed E-state index contributed by atoms with van der Waals surface area (Å²) < 4.78 is 5.61. The van der Waals surface area contributed by atoms with Crippen LogP contribution in [0.15, 0.2) is 48.5 Å². The first-order valence-electron chi connectivity index (χ1n) is 11.7. The minimum absolute atomic E-state index is 0.0849. The van der Waals surface area contributed by atoms with E-state index < -0.39 is 36.2 Å². The van der Waals surface area contributed by atoms with Crippen molar-refractivity contribution in [3.05, 3.63) is 59.7 Å². The van der Waals surface area contributed by atoms with Gasteiger partial charge in [-0.05, 0) is 41.0 Å². The van der Waals surface area contributed by atoms with Crippen molar-refractivity contribution in [2.75, 3.05) is 13.2 Å². The normalized spacial score (nSPS) is 15.3. The minimum atomic E-state index is -1.80. The van der Waals surface area contributed by atoms with Crippen LogP contribution in [0.1, 0.15) is 57.6 Å². The zero-order valence-corrected chi connectivity index (χ0v) is 20.6. The summed E-state index contributed by atoms with van der Waals surface area (Å²) in [5.41, 5.74) is 2.45. The Morgan fingerprint density at radius 1 is 0.971 bits per heavy atom. The lowest BCUT2D eigenvalue weighted by molar-refractivity contribution is -0.148. The van der Waals surface area contributed by atoms with Gasteiger partial charge in [0.05, 0.1) is 6.61 Å². The molecule has 0 fully saturated rings. The third-order valence-corrected chi connectivity index (χ3v) is 6.16. The number of hydrogen-bond acceptors (Lipinski definition) is 5. The largest absolute Gasteiger partial charge is 0.479 e. The molecule has 0 heterocycles. The Bertz CT molecular complexity index is 1050. The zero-order chi connectivity index (χ0) is 25.8. The fraction of sp³-hybridized carbons (Fsp3) is 0.444. The lowest BCUT2D eigenvalue weighted by atomic mass is 9.86. The fourth-order valence-electron chi connectivity index (χ4n) is 4.46. The van der Waals surface area contributed by atoms with Crippen LogP contribution in [0.4, 0.5) is 4.79 Å². The van der Waals surface area contributed by atoms with Crippen LogP contribution >= 0.6 is 0 Å². The zero-order valence-electron chi connectivity index (χ0n) is 20.6. The summed E-state index contributed by atoms with van der Waals surface area (Å²) in [4.78, 5) is 36.7. The van der Waals surface area contributed by atoms with Crippen LogP contribution in [-0.2, 0) is 14.3 Å². The van der Waals surface area contributed by atoms with E-state index in [9.17, 15) is 24.6 Å². The van der Waals surface area contributed by atoms with Gasteiger partial charge in [0, 0.05) is 18.4 Å². The molecule has 0 saturated heterocycles. The molecule has 2 unspecified atom stereocenters. The highest BCUT2D eigenvalue weighted by Crippen LogP contribution is 2.44. The van der Waals surface area contributed by atoms with Crippen molar-refractivity contribution in [1.82, 2.24) is 10.6 Å². The van der Waals surface area contributed by atoms with Crippen LogP contribution in [0, 0.1) is 5.41 Å². The number of hydrogen-bond donors (Lipinski definition) is 4. The van der Waals surface area contributed by atoms with Crippen LogP contribution in [0.25, 0.3) is 11.1 Å². The Morgan fingerprint density at radius 3 is 2.00 bits per heavy atom. The van der Waals surface area contributed by atoms with Crippen LogP contribution in [-0.4, -0.2) is 53.0 Å². The summed E-state index contributed by atoms with van der Waals surface area (Å²) >= 11 is 0. The van der Waals surface area contributed by atoms with E-state index in [0.29, 0.717) is 6.42 Å². The Kier molecular flexibility index (Phi) is 7.85. The summed E-state index contributed by atoms with van der Waals surface area (Å²) in [6.07, 6.45) is -0.324. The van der Waals surface area contributed by atoms with Crippen molar-refractivity contribution < 1.29 is 29.3 Å². The molecule has 0 spiro atoms. The molecule has 0 aromatic heterocycles. The number of carboxylic acids is 1. The van der Waals surface area contributed by atoms with Crippen LogP contribution in [0.2, 0.25) is 0 Å². The lowest BCUT2D eigenvalue weighted by Gasteiger charge is -2.28. The summed E-state index contributed by atoms with van der Waals surface area (Å²) in [5, 5.41) is 23.8. The smallest absolute Gasteiger partial charge is 0.407 e. The van der Waals surface area contributed by atoms with Gasteiger partial charge in [0.25, 0.3) is 0 Å². The molecule has 8 heteroatoms. The number of ether oxygens (including phenoxy) is 1. The Balaban J connectivity index is 1.66. The van der Waals surface area contributed by atoms with Crippen molar-refractivity contribution in [2.45, 2.75) is 58.0 Å². The maximum absolute atomic E-state index is 12.8. The number of fused-ring (bicyclic) bond motifs is 3. The van der Waals surface area contributed by atoms with Gasteiger partial charge in [-0.25, -0.2) is 9.59 Å². The Hall–Kier alpha value is -3.39. The number of benzene rings is 2. The fourth-order valence-corrected chi connectivity index (χ4v) is 4.46. The number of amides is 2. The quantitative estimate of drug-likeness (QED) is 0.432. The first-order valence-corrected chi connectivity index (χ1v) is 11.7. The van der Waals surface area contributed by atoms with E-state index in [1.54, 1.807) is 0 Å². The van der Waals surface area contributed by atoms with Crippen molar-refractivity contribution in [3.63, 3.8) is 0 Å². The van der Waals surface area contributed by atoms with E-state index >= 15 is 0 Å². The second-order valence-corrected chi connectivity index (χ2v) is 10.5. The third-order valence-electron chi connectivity index (χ3n) is 6.16. The molecule has 0 saturated carbocycles. The monoisotopic (exact) mass is 482 g/mol. The number of aliphatic hydroxyl groups excluding tert-OH is 1. The molecule has 8 nitrogen and oxygen atoms in total. The molecule has 3 rings (SSSR count). The number of carbonyl (C=O) groups is 3. The first kappa shape index (κ1) is 26.2. The number of rotatable bonds is 9. The van der Waals surface area contributed by atoms with Gasteiger partial charge in [-0.1, -0.05) is 69.3 Å². The molecule has 1 aliphatic rings. The summed E-state index contributed by atoms with van der Waals surface area (Å²) in [6, 6.07) is 15.5. The second-order valence-electron chi connectivity index (χ2n) is 10.5. The molecule has 0 aliphatic heterocycles. The Labute approximate surface area is 205 Å². The molecule has 0 bridgehead atoms. The van der Waals surface area contributed by atoms with Gasteiger partial charge in [0.1, 0.15) is 6.61 Å². The van der Waals surface area contributed by atoms with Gasteiger partial charge < -0.3 is 25.6 Å². The molecule has 2 amide bonds. The Morgan fingerprint density at radius 2 is 1.51 bits per heavy atom. The number of carboxylic acid groups (broad SMARTS) is 1. The highest BCUT2D eigenvalue weighted by Gasteiger charge is 2.35. The number of carbonyl (C=O) groups excluding carboxylic acids is 2. The van der Waals surface area contributed by atoms with E-state index in [1.165, 1.54) is 6.92 Å². The number of aliphatic carboxylic acids is 1. The highest BCUT2D eigenvalue weighted by molar-refractivity contribution is 5.87. The molecular formula is C27H34N2O6. The third kappa shape index (κ3) is 6.39. The van der Waals surface area contributed by atoms with Gasteiger partial charge in [-0.2, -0.15) is 0 Å². The molecule has 2 aromatic rings. The van der Waals surface area contributed by atoms with Gasteiger partial charge >= 0.3 is 12.1 Å². The maximum atomic E-state index is 12.8. The van der Waals surface area contributed by atoms with Crippen LogP contribution in [0.5, 0.6) is 0 Å². The average molecular weight is 483 g/mol. The van der Waals surface area contributed by atoms with E-state index in [4.69, 9.17) is 4.74 Å². The molecule has 0 radical (unpaired) electrons. The highest BCUT2D eigenvalue weighted by atomic mass is 16.5. The molecule has 2 aromatic carbocycles. The van der Waals surface area contributed by atoms with Crippen molar-refractivity contribution in [1.29, 1.82) is 0 Å². The van der Waals surface area contributed by atoms with Crippen LogP contribution in [0.3, 0.4) is 0 Å². The average Bonchev–Trinajstić information content (AvgIpc) is 3.10. The number of nitrogens with one attached hydrogen (secondary N) is 2. The van der Waals surface area contributed by atoms with Crippen molar-refractivity contribution in [2.24, 2.45) is 5.41 Å². The molecule has 35 heavy (non-hydrogen) atoms. The van der Waals surface area contributed by atoms with Gasteiger partial charge in [-0.3, -0.25) is 4.79 Å². The summed E-state index contributed by atoms with van der Waals surface area (Å²) in [7, 11) is 0. The van der Waals surface area contributed by atoms with E-state index in [2.05, 4.69) is 22.8 Å². The van der Waals surface area contributed by atoms with E-state index in [1.807, 2.05) is 57.2 Å². The van der Waals surface area contributed by atoms with Gasteiger partial charge in [0.15, 0.2) is 5.54 Å². The van der Waals surface area contributed by atoms with E-state index in [0.717, 1.165) is 22.3 Å². The minimum Gasteiger partial charge on any atom is -0.479 e. The maximum Gasteiger partial charge on any atom is 0.407 e. The van der Waals surface area contributed by atoms with E-state index in [-0.39, 0.29) is 24.4 Å². The lowest BCUT2D eigenvalue weighted by Crippen LogP contribution is -2.56. The predicted molar refractivity (Wildman–Crippen MR) is 132 cm³/mol. The number of alkyl carbamates (subject to hydrolysis) is 1. The molecule has 4 N–H and O–H groups in total. The van der Waals surface area contributed by atoms with Gasteiger partial charge in [-0.15, -0.1) is 0 Å². The molecular weight excluding hydrogens is 448 g/mol. The van der Waals surface area contributed by atoms with Gasteiger partial charge in [0.2, 0.25) is 5.91 Å². The van der Waals surface area contributed by atoms with Crippen LogP contribution < -0.4 is 10.6 Å². The molecule has 2 atom stereocenters. The molecule has 1 aliphatic carbocycles. The second kappa shape index (κ2) is 10.5. The summed E-state index contributed by atoms with van der Waals surface area (Å²) in [5.74, 6) is -2.01. The summed E-state index contributed by atoms with van der Waals surface area (Å²) in [6.45, 7) is 6.56. The van der Waals surface area contributed by atoms with Crippen molar-refractivity contribution in [3.8, 4) is 11.1 Å². The van der Waals surface area contributed by atoms with Crippen molar-refractivity contribution >= 4 is 18.0 Å². The topological polar surface area (TPSA) is 125 Å². The SMILES string of the molecule is CC(C)(C)CC(CC(=O)NC(C)(CO)C(=O)O)NC(=O)OCC1c2ccccc2-c2ccccc21. The molecule has 188 valence electrons. The first-order chi connectivity index (χ1) is 16.4. The number of aliphatic hydroxyl groups is 1. The predicted octanol–water partition coefficient (Wildman–Crippen LogP) is 3.67. The standard InChI is InChI=1S/C27H34N2O6/c1-26(2,3)14-17(13-23(31)29-27(4,16-30)24(32)33)28-25(34)35-15-22-20-11-7-5-9-18(20)19-10-6-8-12-21(19)22/h5-12,17,22,30H,13-16H2,1-4H3,(H,28,34)(H,29,31)(H,32,33).